The van der Waals surface area contributed by atoms with Crippen LogP contribution in [-0.2, 0) is 14.3 Å². The molecular formula is C12H17F3N2O4. The summed E-state index contributed by atoms with van der Waals surface area (Å²) < 4.78 is 48.4. The summed E-state index contributed by atoms with van der Waals surface area (Å²) in [6.45, 7) is 3.91. The average Bonchev–Trinajstić information content (AvgIpc) is 2.29. The Morgan fingerprint density at radius 2 is 1.76 bits per heavy atom. The van der Waals surface area contributed by atoms with Crippen molar-refractivity contribution in [2.24, 2.45) is 5.73 Å². The number of carbonyl (C=O) groups is 2. The zero-order chi connectivity index (χ0) is 16.9. The van der Waals surface area contributed by atoms with E-state index in [0.717, 1.165) is 7.11 Å². The molecule has 9 heteroatoms. The lowest BCUT2D eigenvalue weighted by Crippen LogP contribution is -2.64. The van der Waals surface area contributed by atoms with Gasteiger partial charge in [0.15, 0.2) is 0 Å². The Kier molecular flexibility index (Phi) is 6.05. The third-order valence-electron chi connectivity index (χ3n) is 1.98. The number of rotatable bonds is 2. The van der Waals surface area contributed by atoms with Crippen molar-refractivity contribution in [2.45, 2.75) is 38.1 Å². The molecule has 21 heavy (non-hydrogen) atoms. The second-order valence-corrected chi connectivity index (χ2v) is 4.87. The van der Waals surface area contributed by atoms with E-state index in [0.29, 0.717) is 0 Å². The molecule has 0 aromatic carbocycles. The molecule has 3 N–H and O–H groups in total. The molecule has 0 radical (unpaired) electrons. The van der Waals surface area contributed by atoms with Gasteiger partial charge in [0.25, 0.3) is 5.54 Å². The summed E-state index contributed by atoms with van der Waals surface area (Å²) in [6, 6.07) is 0. The van der Waals surface area contributed by atoms with Gasteiger partial charge >= 0.3 is 18.2 Å². The number of carbonyl (C=O) groups excluding carboxylic acids is 2. The third kappa shape index (κ3) is 5.15. The topological polar surface area (TPSA) is 90.6 Å². The summed E-state index contributed by atoms with van der Waals surface area (Å²) in [4.78, 5) is 23.1. The highest BCUT2D eigenvalue weighted by molar-refractivity contribution is 5.90. The van der Waals surface area contributed by atoms with Crippen molar-refractivity contribution in [3.8, 4) is 11.8 Å². The van der Waals surface area contributed by atoms with E-state index in [-0.39, 0.29) is 0 Å². The number of alkyl carbamates (subject to hydrolysis) is 1. The number of hydrogen-bond donors (Lipinski definition) is 2. The minimum atomic E-state index is -5.22. The van der Waals surface area contributed by atoms with Crippen molar-refractivity contribution in [1.82, 2.24) is 5.32 Å². The van der Waals surface area contributed by atoms with E-state index in [1.807, 2.05) is 5.92 Å². The fourth-order valence-corrected chi connectivity index (χ4v) is 1.18. The molecule has 0 aliphatic rings. The summed E-state index contributed by atoms with van der Waals surface area (Å²) >= 11 is 0. The van der Waals surface area contributed by atoms with E-state index >= 15 is 0 Å². The molecule has 0 fully saturated rings. The third-order valence-corrected chi connectivity index (χ3v) is 1.98. The molecule has 120 valence electrons. The number of amides is 1. The van der Waals surface area contributed by atoms with Crippen LogP contribution in [0.2, 0.25) is 0 Å². The lowest BCUT2D eigenvalue weighted by molar-refractivity contribution is -0.197. The second kappa shape index (κ2) is 6.67. The van der Waals surface area contributed by atoms with Crippen LogP contribution in [0.3, 0.4) is 0 Å². The van der Waals surface area contributed by atoms with Crippen LogP contribution in [0, 0.1) is 11.8 Å². The van der Waals surface area contributed by atoms with Crippen molar-refractivity contribution < 1.29 is 32.2 Å². The van der Waals surface area contributed by atoms with Crippen LogP contribution in [0.4, 0.5) is 18.0 Å². The molecule has 0 bridgehead atoms. The summed E-state index contributed by atoms with van der Waals surface area (Å²) in [6.07, 6.45) is -6.68. The normalized spacial score (nSPS) is 14.3. The van der Waals surface area contributed by atoms with Gasteiger partial charge in [0.05, 0.1) is 13.7 Å². The van der Waals surface area contributed by atoms with Gasteiger partial charge < -0.3 is 15.2 Å². The lowest BCUT2D eigenvalue weighted by atomic mass is 10.00. The molecule has 0 spiro atoms. The first-order valence-electron chi connectivity index (χ1n) is 5.76. The summed E-state index contributed by atoms with van der Waals surface area (Å²) in [5.41, 5.74) is 0.421. The Labute approximate surface area is 120 Å². The number of nitrogens with two attached hydrogens (primary N) is 1. The summed E-state index contributed by atoms with van der Waals surface area (Å²) in [5, 5.41) is 1.42. The van der Waals surface area contributed by atoms with Crippen LogP contribution in [0.15, 0.2) is 0 Å². The predicted octanol–water partition coefficient (Wildman–Crippen LogP) is 0.947. The summed E-state index contributed by atoms with van der Waals surface area (Å²) in [5.74, 6) is 1.73. The Hall–Kier alpha value is -1.95. The molecule has 1 atom stereocenters. The highest BCUT2D eigenvalue weighted by Crippen LogP contribution is 2.31. The van der Waals surface area contributed by atoms with Crippen LogP contribution in [0.1, 0.15) is 20.8 Å². The second-order valence-electron chi connectivity index (χ2n) is 4.87. The predicted molar refractivity (Wildman–Crippen MR) is 67.0 cm³/mol. The van der Waals surface area contributed by atoms with E-state index in [4.69, 9.17) is 10.5 Å². The molecule has 0 rings (SSSR count). The lowest BCUT2D eigenvalue weighted by Gasteiger charge is -2.30. The van der Waals surface area contributed by atoms with Gasteiger partial charge in [0, 0.05) is 0 Å². The summed E-state index contributed by atoms with van der Waals surface area (Å²) in [7, 11) is 0.740. The molecule has 1 amide bonds. The number of hydrogen-bond acceptors (Lipinski definition) is 5. The van der Waals surface area contributed by atoms with Crippen molar-refractivity contribution in [3.05, 3.63) is 0 Å². The quantitative estimate of drug-likeness (QED) is 0.585. The van der Waals surface area contributed by atoms with Gasteiger partial charge in [0.2, 0.25) is 0 Å². The molecule has 0 aromatic heterocycles. The van der Waals surface area contributed by atoms with Gasteiger partial charge in [-0.05, 0) is 20.8 Å². The van der Waals surface area contributed by atoms with E-state index in [9.17, 15) is 22.8 Å². The Balaban J connectivity index is 5.69. The van der Waals surface area contributed by atoms with Crippen LogP contribution in [-0.4, -0.2) is 43.0 Å². The molecule has 1 unspecified atom stereocenters. The molecular weight excluding hydrogens is 293 g/mol. The largest absolute Gasteiger partial charge is 0.466 e. The number of nitrogens with one attached hydrogen (secondary N) is 1. The van der Waals surface area contributed by atoms with E-state index in [1.54, 1.807) is 5.92 Å². The Morgan fingerprint density at radius 1 is 1.24 bits per heavy atom. The van der Waals surface area contributed by atoms with Gasteiger partial charge in [-0.1, -0.05) is 11.8 Å². The molecule has 0 heterocycles. The zero-order valence-corrected chi connectivity index (χ0v) is 12.1. The van der Waals surface area contributed by atoms with Gasteiger partial charge in [-0.25, -0.2) is 9.59 Å². The number of halogens is 3. The van der Waals surface area contributed by atoms with Crippen molar-refractivity contribution in [3.63, 3.8) is 0 Å². The van der Waals surface area contributed by atoms with Crippen molar-refractivity contribution in [1.29, 1.82) is 0 Å². The first-order chi connectivity index (χ1) is 9.39. The van der Waals surface area contributed by atoms with Gasteiger partial charge in [-0.3, -0.25) is 5.32 Å². The van der Waals surface area contributed by atoms with Crippen molar-refractivity contribution in [2.75, 3.05) is 13.7 Å². The number of alkyl halides is 3. The molecule has 0 aliphatic carbocycles. The number of methoxy groups -OCH3 is 1. The fraction of sp³-hybridized carbons (Fsp3) is 0.667. The van der Waals surface area contributed by atoms with Crippen LogP contribution in [0.25, 0.3) is 0 Å². The van der Waals surface area contributed by atoms with Crippen LogP contribution < -0.4 is 11.1 Å². The molecule has 0 saturated carbocycles. The fourth-order valence-electron chi connectivity index (χ4n) is 1.18. The molecule has 0 aromatic rings. The molecule has 0 saturated heterocycles. The molecule has 0 aliphatic heterocycles. The van der Waals surface area contributed by atoms with Crippen molar-refractivity contribution >= 4 is 12.1 Å². The Bertz CT molecular complexity index is 460. The van der Waals surface area contributed by atoms with E-state index < -0.39 is 35.9 Å². The minimum absolute atomic E-state index is 0.440. The minimum Gasteiger partial charge on any atom is -0.466 e. The van der Waals surface area contributed by atoms with Gasteiger partial charge in [-0.15, -0.1) is 0 Å². The van der Waals surface area contributed by atoms with E-state index in [2.05, 4.69) is 4.74 Å². The zero-order valence-electron chi connectivity index (χ0n) is 12.1. The standard InChI is InChI=1S/C12H17F3N2O4/c1-10(2,3)21-9(19)17-11(6-5-7-16,8(18)20-4)12(13,14)15/h7,16H2,1-4H3,(H,17,19). The van der Waals surface area contributed by atoms with Gasteiger partial charge in [-0.2, -0.15) is 13.2 Å². The maximum absolute atomic E-state index is 13.2. The van der Waals surface area contributed by atoms with Crippen LogP contribution in [0.5, 0.6) is 0 Å². The SMILES string of the molecule is COC(=O)C(C#CCN)(NC(=O)OC(C)(C)C)C(F)(F)F. The number of esters is 1. The number of ether oxygens (including phenoxy) is 2. The van der Waals surface area contributed by atoms with E-state index in [1.165, 1.54) is 26.1 Å². The highest BCUT2D eigenvalue weighted by atomic mass is 19.4. The monoisotopic (exact) mass is 310 g/mol. The molecule has 6 nitrogen and oxygen atoms in total. The Morgan fingerprint density at radius 3 is 2.10 bits per heavy atom. The maximum atomic E-state index is 13.2. The first-order valence-corrected chi connectivity index (χ1v) is 5.76. The maximum Gasteiger partial charge on any atom is 0.434 e. The average molecular weight is 310 g/mol. The smallest absolute Gasteiger partial charge is 0.434 e. The van der Waals surface area contributed by atoms with Crippen LogP contribution >= 0.6 is 0 Å². The first kappa shape index (κ1) is 19.1. The van der Waals surface area contributed by atoms with Gasteiger partial charge in [0.1, 0.15) is 5.60 Å². The highest BCUT2D eigenvalue weighted by Gasteiger charge is 2.63.